The number of ether oxygens (including phenoxy) is 2. The molecule has 300 valence electrons. The molecule has 11 heteroatoms. The number of likely N-dealkylation sites (N-methyl/N-ethyl adjacent to an activating group) is 1. The zero-order valence-electron chi connectivity index (χ0n) is 31.4. The molecule has 0 radical (unpaired) electrons. The fraction of sp³-hybridized carbons (Fsp3) is 0.455. The van der Waals surface area contributed by atoms with E-state index in [0.29, 0.717) is 29.0 Å². The standard InChI is InChI=1S/C42H49F4N3O4.2CH4/c1-9-11-19-53-39(50)25-37(35-24-32(21-28(5)40(35)43)34-14-13-33(52-8)23-30(34)10-2)47(7)41(51)38(20-27(3)4)49-26-31(15-18-48-16-12-17-48)36(22-29(49)6)42(44,45)46;;/h2,9,11,13-14,21-24,26-27,37-38H,6,12,15-20,25H2,1,3-5,7-8H3;2*1H4/t37-,38?;;/m0../s1. The monoisotopic (exact) mass is 767 g/mol. The molecule has 1 saturated heterocycles. The Morgan fingerprint density at radius 1 is 1.15 bits per heavy atom. The summed E-state index contributed by atoms with van der Waals surface area (Å²) in [5, 5.41) is 0. The Bertz CT molecular complexity index is 1820. The number of hydrogen-bond acceptors (Lipinski definition) is 6. The number of likely N-dealkylation sites (tertiary alicyclic amines) is 1. The average molecular weight is 768 g/mol. The van der Waals surface area contributed by atoms with E-state index in [1.54, 1.807) is 56.3 Å². The maximum Gasteiger partial charge on any atom is 0.416 e. The van der Waals surface area contributed by atoms with Gasteiger partial charge in [-0.3, -0.25) is 9.59 Å². The Kier molecular flexibility index (Phi) is 17.0. The molecule has 1 fully saturated rings. The predicted molar refractivity (Wildman–Crippen MR) is 213 cm³/mol. The Balaban J connectivity index is 0.00000523. The van der Waals surface area contributed by atoms with Crippen LogP contribution in [0.1, 0.15) is 84.0 Å². The van der Waals surface area contributed by atoms with Crippen molar-refractivity contribution < 1.29 is 36.6 Å². The van der Waals surface area contributed by atoms with E-state index < -0.39 is 47.9 Å². The quantitative estimate of drug-likeness (QED) is 0.0779. The van der Waals surface area contributed by atoms with Gasteiger partial charge in [0.25, 0.3) is 0 Å². The van der Waals surface area contributed by atoms with Gasteiger partial charge in [0.05, 0.1) is 25.1 Å². The molecule has 2 aromatic rings. The van der Waals surface area contributed by atoms with Crippen LogP contribution in [0.3, 0.4) is 0 Å². The number of halogens is 4. The molecule has 0 saturated carbocycles. The molecule has 55 heavy (non-hydrogen) atoms. The summed E-state index contributed by atoms with van der Waals surface area (Å²) in [4.78, 5) is 32.9. The molecular formula is C44H57F4N3O4. The number of aryl methyl sites for hydroxylation is 1. The molecule has 0 bridgehead atoms. The molecule has 1 amide bonds. The van der Waals surface area contributed by atoms with Crippen LogP contribution >= 0.6 is 0 Å². The minimum absolute atomic E-state index is 0. The molecule has 2 aromatic carbocycles. The van der Waals surface area contributed by atoms with Gasteiger partial charge in [-0.05, 0) is 111 Å². The first-order chi connectivity index (χ1) is 25.1. The van der Waals surface area contributed by atoms with Crippen LogP contribution in [0.5, 0.6) is 5.75 Å². The van der Waals surface area contributed by atoms with Gasteiger partial charge in [-0.2, -0.15) is 13.2 Å². The van der Waals surface area contributed by atoms with E-state index in [1.807, 2.05) is 13.8 Å². The lowest BCUT2D eigenvalue weighted by atomic mass is 9.91. The third-order valence-corrected chi connectivity index (χ3v) is 9.64. The molecule has 0 aromatic heterocycles. The number of carbonyl (C=O) groups is 2. The first kappa shape index (κ1) is 46.3. The van der Waals surface area contributed by atoms with Crippen LogP contribution in [0, 0.1) is 31.0 Å². The number of benzene rings is 2. The van der Waals surface area contributed by atoms with E-state index in [1.165, 1.54) is 30.2 Å². The van der Waals surface area contributed by atoms with Crippen molar-refractivity contribution in [3.8, 4) is 29.2 Å². The van der Waals surface area contributed by atoms with Crippen molar-refractivity contribution >= 4 is 11.9 Å². The van der Waals surface area contributed by atoms with Crippen LogP contribution in [0.15, 0.2) is 78.2 Å². The summed E-state index contributed by atoms with van der Waals surface area (Å²) in [5.74, 6) is 1.31. The number of amides is 1. The maximum absolute atomic E-state index is 16.3. The molecule has 2 aliphatic heterocycles. The van der Waals surface area contributed by atoms with Gasteiger partial charge in [0.2, 0.25) is 5.91 Å². The van der Waals surface area contributed by atoms with Crippen molar-refractivity contribution in [3.63, 3.8) is 0 Å². The van der Waals surface area contributed by atoms with E-state index in [9.17, 15) is 22.8 Å². The van der Waals surface area contributed by atoms with E-state index in [0.717, 1.165) is 25.6 Å². The van der Waals surface area contributed by atoms with Gasteiger partial charge in [0.1, 0.15) is 24.2 Å². The van der Waals surface area contributed by atoms with E-state index in [2.05, 4.69) is 17.4 Å². The number of alkyl halides is 3. The summed E-state index contributed by atoms with van der Waals surface area (Å²) in [6.45, 7) is 13.2. The molecular weight excluding hydrogens is 710 g/mol. The summed E-state index contributed by atoms with van der Waals surface area (Å²) in [6.07, 6.45) is 7.96. The Morgan fingerprint density at radius 2 is 1.84 bits per heavy atom. The summed E-state index contributed by atoms with van der Waals surface area (Å²) < 4.78 is 69.9. The highest BCUT2D eigenvalue weighted by molar-refractivity contribution is 5.84. The van der Waals surface area contributed by atoms with Crippen LogP contribution in [0.4, 0.5) is 17.6 Å². The smallest absolute Gasteiger partial charge is 0.416 e. The number of hydrogen-bond donors (Lipinski definition) is 0. The molecule has 0 aliphatic carbocycles. The highest BCUT2D eigenvalue weighted by atomic mass is 19.4. The van der Waals surface area contributed by atoms with Gasteiger partial charge in [-0.1, -0.05) is 53.4 Å². The zero-order valence-corrected chi connectivity index (χ0v) is 31.4. The first-order valence-electron chi connectivity index (χ1n) is 17.8. The number of rotatable bonds is 15. The second-order valence-corrected chi connectivity index (χ2v) is 13.9. The van der Waals surface area contributed by atoms with Crippen LogP contribution in [0.25, 0.3) is 11.1 Å². The highest BCUT2D eigenvalue weighted by Gasteiger charge is 2.41. The number of nitrogens with zero attached hydrogens (tertiary/aromatic N) is 3. The third-order valence-electron chi connectivity index (χ3n) is 9.64. The number of terminal acetylenes is 1. The largest absolute Gasteiger partial charge is 0.497 e. The minimum Gasteiger partial charge on any atom is -0.497 e. The van der Waals surface area contributed by atoms with Gasteiger partial charge in [-0.25, -0.2) is 4.39 Å². The average Bonchev–Trinajstić information content (AvgIpc) is 3.09. The Labute approximate surface area is 325 Å². The van der Waals surface area contributed by atoms with Crippen LogP contribution in [-0.4, -0.2) is 79.2 Å². The summed E-state index contributed by atoms with van der Waals surface area (Å²) in [5.41, 5.74) is 1.27. The number of esters is 1. The third kappa shape index (κ3) is 11.4. The Hall–Kier alpha value is -4.82. The van der Waals surface area contributed by atoms with E-state index in [-0.39, 0.29) is 62.6 Å². The zero-order chi connectivity index (χ0) is 39.0. The van der Waals surface area contributed by atoms with Crippen molar-refractivity contribution in [2.24, 2.45) is 5.92 Å². The number of methoxy groups -OCH3 is 1. The van der Waals surface area contributed by atoms with Crippen LogP contribution in [0.2, 0.25) is 0 Å². The van der Waals surface area contributed by atoms with Crippen molar-refractivity contribution in [2.45, 2.75) is 86.5 Å². The molecule has 0 spiro atoms. The van der Waals surface area contributed by atoms with Crippen molar-refractivity contribution in [1.29, 1.82) is 0 Å². The summed E-state index contributed by atoms with van der Waals surface area (Å²) in [7, 11) is 2.99. The summed E-state index contributed by atoms with van der Waals surface area (Å²) in [6, 6.07) is 6.22. The van der Waals surface area contributed by atoms with Crippen LogP contribution < -0.4 is 4.74 Å². The first-order valence-corrected chi connectivity index (χ1v) is 17.8. The lowest BCUT2D eigenvalue weighted by molar-refractivity contribution is -0.146. The molecule has 2 heterocycles. The second kappa shape index (κ2) is 20.2. The van der Waals surface area contributed by atoms with Gasteiger partial charge < -0.3 is 24.2 Å². The SMILES string of the molecule is C.C.C#Cc1cc(OC)ccc1-c1cc(C)c(F)c([C@H](CC(=O)OCC=CC)N(C)C(=O)C(CC(C)C)N2C=C(CCN3CCC3)C(C(F)(F)F)=CC2=C)c1. The van der Waals surface area contributed by atoms with Gasteiger partial charge >= 0.3 is 12.1 Å². The predicted octanol–water partition coefficient (Wildman–Crippen LogP) is 9.78. The van der Waals surface area contributed by atoms with Gasteiger partial charge in [-0.15, -0.1) is 6.42 Å². The second-order valence-electron chi connectivity index (χ2n) is 13.9. The van der Waals surface area contributed by atoms with Crippen molar-refractivity contribution in [1.82, 2.24) is 14.7 Å². The van der Waals surface area contributed by atoms with Crippen LogP contribution in [-0.2, 0) is 14.3 Å². The number of allylic oxidation sites excluding steroid dienone is 3. The molecule has 7 nitrogen and oxygen atoms in total. The molecule has 2 atom stereocenters. The molecule has 2 aliphatic rings. The lowest BCUT2D eigenvalue weighted by Crippen LogP contribution is -2.48. The van der Waals surface area contributed by atoms with Crippen molar-refractivity contribution in [3.05, 3.63) is 101 Å². The minimum atomic E-state index is -4.62. The highest BCUT2D eigenvalue weighted by Crippen LogP contribution is 2.40. The fourth-order valence-corrected chi connectivity index (χ4v) is 6.59. The normalized spacial score (nSPS) is 15.5. The fourth-order valence-electron chi connectivity index (χ4n) is 6.59. The van der Waals surface area contributed by atoms with E-state index in [4.69, 9.17) is 15.9 Å². The Morgan fingerprint density at radius 3 is 2.40 bits per heavy atom. The van der Waals surface area contributed by atoms with Crippen molar-refractivity contribution in [2.75, 3.05) is 40.4 Å². The van der Waals surface area contributed by atoms with E-state index >= 15 is 4.39 Å². The lowest BCUT2D eigenvalue weighted by Gasteiger charge is -2.39. The maximum atomic E-state index is 16.3. The van der Waals surface area contributed by atoms with Gasteiger partial charge in [0.15, 0.2) is 0 Å². The topological polar surface area (TPSA) is 62.3 Å². The van der Waals surface area contributed by atoms with Gasteiger partial charge in [0, 0.05) is 36.6 Å². The molecule has 4 rings (SSSR count). The molecule has 1 unspecified atom stereocenters. The number of carbonyl (C=O) groups excluding carboxylic acids is 2. The molecule has 0 N–H and O–H groups in total. The summed E-state index contributed by atoms with van der Waals surface area (Å²) >= 11 is 0.